The molecule has 5 rings (SSSR count). The summed E-state index contributed by atoms with van der Waals surface area (Å²) in [4.78, 5) is 0. The van der Waals surface area contributed by atoms with Gasteiger partial charge in [-0.1, -0.05) is 6.08 Å². The highest BCUT2D eigenvalue weighted by atomic mass is 16.7. The highest BCUT2D eigenvalue weighted by Gasteiger charge is 2.34. The summed E-state index contributed by atoms with van der Waals surface area (Å²) < 4.78 is 56.3. The molecule has 0 amide bonds. The van der Waals surface area contributed by atoms with E-state index in [0.29, 0.717) is 75.9 Å². The van der Waals surface area contributed by atoms with Crippen LogP contribution < -0.4 is 37.9 Å². The molecular weight excluding hydrogens is 548 g/mol. The van der Waals surface area contributed by atoms with Gasteiger partial charge in [0.05, 0.1) is 55.9 Å². The highest BCUT2D eigenvalue weighted by Crippen LogP contribution is 2.47. The predicted octanol–water partition coefficient (Wildman–Crippen LogP) is 4.46. The lowest BCUT2D eigenvalue weighted by Crippen LogP contribution is -2.25. The number of rotatable bonds is 11. The summed E-state index contributed by atoms with van der Waals surface area (Å²) >= 11 is 0. The minimum Gasteiger partial charge on any atom is -0.493 e. The van der Waals surface area contributed by atoms with Crippen molar-refractivity contribution in [3.05, 3.63) is 64.7 Å². The average molecular weight is 583 g/mol. The maximum absolute atomic E-state index is 12.7. The second kappa shape index (κ2) is 12.3. The van der Waals surface area contributed by atoms with Crippen LogP contribution in [0.2, 0.25) is 0 Å². The molecule has 3 aromatic rings. The minimum atomic E-state index is -1.79. The van der Waals surface area contributed by atoms with Gasteiger partial charge in [-0.3, -0.25) is 0 Å². The summed E-state index contributed by atoms with van der Waals surface area (Å²) in [6.07, 6.45) is 2.81. The third kappa shape index (κ3) is 5.22. The van der Waals surface area contributed by atoms with Gasteiger partial charge >= 0.3 is 0 Å². The van der Waals surface area contributed by atoms with Crippen molar-refractivity contribution in [2.45, 2.75) is 11.9 Å². The van der Waals surface area contributed by atoms with Crippen LogP contribution in [0.15, 0.2) is 42.5 Å². The molecule has 224 valence electrons. The molecule has 0 spiro atoms. The minimum absolute atomic E-state index is 0.106. The lowest BCUT2D eigenvalue weighted by molar-refractivity contribution is -0.0443. The van der Waals surface area contributed by atoms with Crippen molar-refractivity contribution < 1.29 is 52.5 Å². The Morgan fingerprint density at radius 3 is 1.55 bits per heavy atom. The van der Waals surface area contributed by atoms with Crippen LogP contribution in [-0.4, -0.2) is 67.8 Å². The van der Waals surface area contributed by atoms with Crippen molar-refractivity contribution >= 4 is 6.08 Å². The molecule has 11 heteroatoms. The van der Waals surface area contributed by atoms with Crippen LogP contribution >= 0.6 is 0 Å². The van der Waals surface area contributed by atoms with E-state index in [1.807, 2.05) is 12.1 Å². The molecule has 2 aliphatic rings. The Labute approximate surface area is 244 Å². The van der Waals surface area contributed by atoms with E-state index in [4.69, 9.17) is 47.4 Å². The first kappa shape index (κ1) is 29.2. The van der Waals surface area contributed by atoms with E-state index in [-0.39, 0.29) is 6.79 Å². The fourth-order valence-electron chi connectivity index (χ4n) is 5.03. The van der Waals surface area contributed by atoms with Gasteiger partial charge in [-0.05, 0) is 59.2 Å². The van der Waals surface area contributed by atoms with Crippen LogP contribution in [0, 0.1) is 0 Å². The number of aliphatic hydroxyl groups is 1. The van der Waals surface area contributed by atoms with Crippen LogP contribution in [0.3, 0.4) is 0 Å². The van der Waals surface area contributed by atoms with E-state index >= 15 is 0 Å². The molecule has 0 radical (unpaired) electrons. The lowest BCUT2D eigenvalue weighted by atomic mass is 9.84. The molecule has 1 saturated heterocycles. The van der Waals surface area contributed by atoms with E-state index in [1.165, 1.54) is 42.7 Å². The van der Waals surface area contributed by atoms with E-state index in [1.54, 1.807) is 36.4 Å². The molecule has 2 aliphatic heterocycles. The molecule has 0 aromatic heterocycles. The number of fused-ring (bicyclic) bond motifs is 1. The number of hydrogen-bond donors (Lipinski definition) is 1. The van der Waals surface area contributed by atoms with Crippen molar-refractivity contribution in [2.24, 2.45) is 0 Å². The number of ether oxygens (including phenoxy) is 10. The van der Waals surface area contributed by atoms with Crippen molar-refractivity contribution in [2.75, 3.05) is 62.7 Å². The van der Waals surface area contributed by atoms with Crippen molar-refractivity contribution in [1.29, 1.82) is 0 Å². The smallest absolute Gasteiger partial charge is 0.231 e. The summed E-state index contributed by atoms with van der Waals surface area (Å²) in [5.74, 6) is 3.38. The Hall–Kier alpha value is -4.32. The highest BCUT2D eigenvalue weighted by molar-refractivity contribution is 5.66. The molecule has 0 bridgehead atoms. The topological polar surface area (TPSA) is 113 Å². The van der Waals surface area contributed by atoms with Crippen LogP contribution in [0.4, 0.5) is 0 Å². The van der Waals surface area contributed by atoms with Crippen LogP contribution in [0.25, 0.3) is 6.08 Å². The van der Waals surface area contributed by atoms with E-state index in [9.17, 15) is 5.11 Å². The van der Waals surface area contributed by atoms with Crippen molar-refractivity contribution in [3.63, 3.8) is 0 Å². The molecule has 2 heterocycles. The zero-order chi connectivity index (χ0) is 29.9. The number of benzene rings is 3. The van der Waals surface area contributed by atoms with Gasteiger partial charge in [0.2, 0.25) is 18.3 Å². The Morgan fingerprint density at radius 1 is 0.667 bits per heavy atom. The first-order valence-electron chi connectivity index (χ1n) is 13.1. The van der Waals surface area contributed by atoms with Crippen molar-refractivity contribution in [3.8, 4) is 46.0 Å². The first-order valence-corrected chi connectivity index (χ1v) is 13.1. The van der Waals surface area contributed by atoms with Gasteiger partial charge in [-0.2, -0.15) is 0 Å². The monoisotopic (exact) mass is 582 g/mol. The molecule has 1 N–H and O–H groups in total. The summed E-state index contributed by atoms with van der Waals surface area (Å²) in [6.45, 7) is 1.03. The fraction of sp³-hybridized carbons (Fsp3) is 0.355. The van der Waals surface area contributed by atoms with E-state index in [2.05, 4.69) is 0 Å². The maximum Gasteiger partial charge on any atom is 0.231 e. The van der Waals surface area contributed by atoms with Crippen molar-refractivity contribution in [1.82, 2.24) is 0 Å². The Kier molecular flexibility index (Phi) is 8.53. The van der Waals surface area contributed by atoms with Gasteiger partial charge in [0.1, 0.15) is 5.60 Å². The summed E-state index contributed by atoms with van der Waals surface area (Å²) in [6, 6.07) is 10.4. The standard InChI is InChI=1S/C31H34O11/c1-33-24-12-19(13-25(34-2)28(24)37-5)31(32,20-14-26(35-3)29(38-6)27(15-20)36-4)8-7-18-11-22-23(42-17-41-22)16-21(18)30-39-9-10-40-30/h7-8,11-16,30,32H,9-10,17H2,1-6H3/b8-7+. The zero-order valence-electron chi connectivity index (χ0n) is 24.3. The Bertz CT molecular complexity index is 1350. The fourth-order valence-corrected chi connectivity index (χ4v) is 5.03. The lowest BCUT2D eigenvalue weighted by Gasteiger charge is -2.29. The van der Waals surface area contributed by atoms with Gasteiger partial charge in [0.25, 0.3) is 0 Å². The largest absolute Gasteiger partial charge is 0.493 e. The predicted molar refractivity (Wildman–Crippen MR) is 151 cm³/mol. The normalized spacial score (nSPS) is 14.7. The summed E-state index contributed by atoms with van der Waals surface area (Å²) in [7, 11) is 9.07. The van der Waals surface area contributed by atoms with Crippen LogP contribution in [0.1, 0.15) is 28.5 Å². The molecule has 11 nitrogen and oxygen atoms in total. The number of methoxy groups -OCH3 is 6. The van der Waals surface area contributed by atoms with E-state index in [0.717, 1.165) is 5.56 Å². The zero-order valence-corrected chi connectivity index (χ0v) is 24.3. The summed E-state index contributed by atoms with van der Waals surface area (Å²) in [5, 5.41) is 12.7. The second-order valence-corrected chi connectivity index (χ2v) is 9.34. The number of hydrogen-bond acceptors (Lipinski definition) is 11. The quantitative estimate of drug-likeness (QED) is 0.346. The van der Waals surface area contributed by atoms with Gasteiger partial charge in [-0.15, -0.1) is 0 Å². The second-order valence-electron chi connectivity index (χ2n) is 9.34. The molecule has 0 saturated carbocycles. The SMILES string of the molecule is COc1cc(C(O)(/C=C/c2cc3c(cc2C2OCCO2)OCO3)c2cc(OC)c(OC)c(OC)c2)cc(OC)c1OC. The molecular formula is C31H34O11. The first-order chi connectivity index (χ1) is 20.4. The third-order valence-electron chi connectivity index (χ3n) is 7.17. The molecule has 0 atom stereocenters. The Morgan fingerprint density at radius 2 is 1.12 bits per heavy atom. The molecule has 1 fully saturated rings. The van der Waals surface area contributed by atoms with Crippen LogP contribution in [-0.2, 0) is 15.1 Å². The average Bonchev–Trinajstić information content (AvgIpc) is 3.73. The Balaban J connectivity index is 1.74. The van der Waals surface area contributed by atoms with Crippen LogP contribution in [0.5, 0.6) is 46.0 Å². The third-order valence-corrected chi connectivity index (χ3v) is 7.17. The maximum atomic E-state index is 12.7. The van der Waals surface area contributed by atoms with Gasteiger partial charge in [0, 0.05) is 5.56 Å². The molecule has 0 unspecified atom stereocenters. The molecule has 3 aromatic carbocycles. The molecule has 42 heavy (non-hydrogen) atoms. The van der Waals surface area contributed by atoms with Gasteiger partial charge < -0.3 is 52.5 Å². The summed E-state index contributed by atoms with van der Waals surface area (Å²) in [5.41, 5.74) is 0.469. The van der Waals surface area contributed by atoms with Gasteiger partial charge in [-0.25, -0.2) is 0 Å². The van der Waals surface area contributed by atoms with E-state index < -0.39 is 11.9 Å². The molecule has 0 aliphatic carbocycles. The van der Waals surface area contributed by atoms with Gasteiger partial charge in [0.15, 0.2) is 40.8 Å².